The van der Waals surface area contributed by atoms with Crippen LogP contribution in [0.15, 0.2) is 84.9 Å². The molecule has 0 aliphatic carbocycles. The van der Waals surface area contributed by atoms with Gasteiger partial charge in [0, 0.05) is 41.4 Å². The maximum atomic E-state index is 10.6. The Kier molecular flexibility index (Phi) is 6.49. The zero-order valence-corrected chi connectivity index (χ0v) is 20.5. The molecule has 0 fully saturated rings. The molecular weight excluding hydrogens is 420 g/mol. The Morgan fingerprint density at radius 2 is 1.09 bits per heavy atom. The number of rotatable bonds is 7. The lowest BCUT2D eigenvalue weighted by molar-refractivity contribution is -0.0297. The van der Waals surface area contributed by atoms with E-state index in [-0.39, 0.29) is 5.41 Å². The Morgan fingerprint density at radius 3 is 1.56 bits per heavy atom. The summed E-state index contributed by atoms with van der Waals surface area (Å²) in [6.07, 6.45) is 0. The van der Waals surface area contributed by atoms with Gasteiger partial charge < -0.3 is 10.0 Å². The SMILES string of the molecule is CN(CC(C)(C)C(C)(C)O)c1cccc(-c2nc(-c3ccccc3)nc(-c3ccccc3)n2)c1. The Bertz CT molecular complexity index is 1190. The standard InChI is InChI=1S/C29H32N4O/c1-28(2,29(3,4)34)20-33(5)24-18-12-17-23(19-24)27-31-25(21-13-8-6-9-14-21)30-26(32-27)22-15-10-7-11-16-22/h6-19,34H,20H2,1-5H3. The Balaban J connectivity index is 1.76. The lowest BCUT2D eigenvalue weighted by atomic mass is 9.77. The van der Waals surface area contributed by atoms with Crippen molar-refractivity contribution in [2.75, 3.05) is 18.5 Å². The summed E-state index contributed by atoms with van der Waals surface area (Å²) < 4.78 is 0. The predicted octanol–water partition coefficient (Wildman–Crippen LogP) is 6.11. The van der Waals surface area contributed by atoms with Crippen LogP contribution in [-0.4, -0.2) is 39.3 Å². The van der Waals surface area contributed by atoms with Gasteiger partial charge in [0.1, 0.15) is 0 Å². The molecule has 0 atom stereocenters. The second-order valence-electron chi connectivity index (χ2n) is 9.89. The number of aliphatic hydroxyl groups is 1. The molecule has 5 nitrogen and oxygen atoms in total. The van der Waals surface area contributed by atoms with E-state index >= 15 is 0 Å². The molecule has 4 rings (SSSR count). The lowest BCUT2D eigenvalue weighted by Gasteiger charge is -2.40. The van der Waals surface area contributed by atoms with Crippen molar-refractivity contribution in [3.63, 3.8) is 0 Å². The van der Waals surface area contributed by atoms with Gasteiger partial charge in [0.25, 0.3) is 0 Å². The largest absolute Gasteiger partial charge is 0.390 e. The van der Waals surface area contributed by atoms with E-state index in [0.29, 0.717) is 24.0 Å². The topological polar surface area (TPSA) is 62.1 Å². The number of anilines is 1. The highest BCUT2D eigenvalue weighted by Gasteiger charge is 2.36. The molecule has 0 aliphatic heterocycles. The monoisotopic (exact) mass is 452 g/mol. The van der Waals surface area contributed by atoms with E-state index in [1.54, 1.807) is 0 Å². The van der Waals surface area contributed by atoms with Gasteiger partial charge in [-0.1, -0.05) is 86.6 Å². The van der Waals surface area contributed by atoms with Crippen LogP contribution in [0.25, 0.3) is 34.2 Å². The molecular formula is C29H32N4O. The van der Waals surface area contributed by atoms with Crippen LogP contribution in [-0.2, 0) is 0 Å². The number of nitrogens with zero attached hydrogens (tertiary/aromatic N) is 4. The van der Waals surface area contributed by atoms with Crippen LogP contribution in [0.5, 0.6) is 0 Å². The fourth-order valence-corrected chi connectivity index (χ4v) is 3.70. The highest BCUT2D eigenvalue weighted by atomic mass is 16.3. The fourth-order valence-electron chi connectivity index (χ4n) is 3.70. The molecule has 0 saturated heterocycles. The molecule has 0 unspecified atom stereocenters. The molecule has 1 N–H and O–H groups in total. The summed E-state index contributed by atoms with van der Waals surface area (Å²) in [5, 5.41) is 10.6. The van der Waals surface area contributed by atoms with E-state index in [1.807, 2.05) is 93.7 Å². The van der Waals surface area contributed by atoms with Gasteiger partial charge in [0.05, 0.1) is 5.60 Å². The van der Waals surface area contributed by atoms with Gasteiger partial charge in [-0.25, -0.2) is 15.0 Å². The third kappa shape index (κ3) is 5.15. The first kappa shape index (κ1) is 23.6. The zero-order valence-electron chi connectivity index (χ0n) is 20.5. The summed E-state index contributed by atoms with van der Waals surface area (Å²) in [5.74, 6) is 1.92. The molecule has 1 aromatic heterocycles. The van der Waals surface area contributed by atoms with Crippen molar-refractivity contribution >= 4 is 5.69 Å². The summed E-state index contributed by atoms with van der Waals surface area (Å²) in [7, 11) is 2.05. The lowest BCUT2D eigenvalue weighted by Crippen LogP contribution is -2.46. The molecule has 3 aromatic carbocycles. The highest BCUT2D eigenvalue weighted by Crippen LogP contribution is 2.33. The molecule has 0 radical (unpaired) electrons. The van der Waals surface area contributed by atoms with Gasteiger partial charge >= 0.3 is 0 Å². The third-order valence-corrected chi connectivity index (χ3v) is 6.53. The van der Waals surface area contributed by atoms with Crippen LogP contribution < -0.4 is 4.90 Å². The van der Waals surface area contributed by atoms with Crippen molar-refractivity contribution in [3.8, 4) is 34.2 Å². The third-order valence-electron chi connectivity index (χ3n) is 6.53. The minimum Gasteiger partial charge on any atom is -0.390 e. The first-order valence-electron chi connectivity index (χ1n) is 11.5. The van der Waals surface area contributed by atoms with Crippen molar-refractivity contribution < 1.29 is 5.11 Å². The number of benzene rings is 3. The minimum absolute atomic E-state index is 0.300. The molecule has 174 valence electrons. The highest BCUT2D eigenvalue weighted by molar-refractivity contribution is 5.68. The first-order valence-corrected chi connectivity index (χ1v) is 11.5. The summed E-state index contributed by atoms with van der Waals surface area (Å²) in [5.41, 5.74) is 2.75. The Morgan fingerprint density at radius 1 is 0.647 bits per heavy atom. The van der Waals surface area contributed by atoms with Gasteiger partial charge in [-0.05, 0) is 26.0 Å². The Labute approximate surface area is 202 Å². The maximum Gasteiger partial charge on any atom is 0.164 e. The van der Waals surface area contributed by atoms with Crippen molar-refractivity contribution in [2.45, 2.75) is 33.3 Å². The molecule has 0 amide bonds. The number of hydrogen-bond donors (Lipinski definition) is 1. The Hall–Kier alpha value is -3.57. The first-order chi connectivity index (χ1) is 16.1. The average molecular weight is 453 g/mol. The quantitative estimate of drug-likeness (QED) is 0.367. The average Bonchev–Trinajstić information content (AvgIpc) is 2.84. The van der Waals surface area contributed by atoms with Crippen LogP contribution in [0.4, 0.5) is 5.69 Å². The van der Waals surface area contributed by atoms with Crippen LogP contribution in [0.3, 0.4) is 0 Å². The number of aromatic nitrogens is 3. The van der Waals surface area contributed by atoms with Crippen molar-refractivity contribution in [2.24, 2.45) is 5.41 Å². The zero-order chi connectivity index (χ0) is 24.3. The molecule has 0 saturated carbocycles. The van der Waals surface area contributed by atoms with E-state index in [1.165, 1.54) is 0 Å². The van der Waals surface area contributed by atoms with E-state index in [4.69, 9.17) is 15.0 Å². The van der Waals surface area contributed by atoms with E-state index in [0.717, 1.165) is 22.4 Å². The summed E-state index contributed by atoms with van der Waals surface area (Å²) in [6, 6.07) is 28.2. The second-order valence-corrected chi connectivity index (χ2v) is 9.89. The van der Waals surface area contributed by atoms with Crippen molar-refractivity contribution in [1.82, 2.24) is 15.0 Å². The molecule has 1 heterocycles. The molecule has 4 aromatic rings. The van der Waals surface area contributed by atoms with Crippen molar-refractivity contribution in [1.29, 1.82) is 0 Å². The minimum atomic E-state index is -0.803. The van der Waals surface area contributed by atoms with Gasteiger partial charge in [-0.15, -0.1) is 0 Å². The predicted molar refractivity (Wildman–Crippen MR) is 139 cm³/mol. The molecule has 0 spiro atoms. The van der Waals surface area contributed by atoms with Crippen LogP contribution in [0, 0.1) is 5.41 Å². The van der Waals surface area contributed by atoms with E-state index in [2.05, 4.69) is 30.9 Å². The van der Waals surface area contributed by atoms with Crippen molar-refractivity contribution in [3.05, 3.63) is 84.9 Å². The fraction of sp³-hybridized carbons (Fsp3) is 0.276. The molecule has 34 heavy (non-hydrogen) atoms. The normalized spacial score (nSPS) is 11.9. The van der Waals surface area contributed by atoms with Crippen LogP contribution in [0.2, 0.25) is 0 Å². The molecule has 5 heteroatoms. The molecule has 0 bridgehead atoms. The smallest absolute Gasteiger partial charge is 0.164 e. The maximum absolute atomic E-state index is 10.6. The summed E-state index contributed by atoms with van der Waals surface area (Å²) in [4.78, 5) is 16.6. The van der Waals surface area contributed by atoms with Gasteiger partial charge in [0.2, 0.25) is 0 Å². The number of hydrogen-bond acceptors (Lipinski definition) is 5. The van der Waals surface area contributed by atoms with Crippen LogP contribution >= 0.6 is 0 Å². The van der Waals surface area contributed by atoms with Gasteiger partial charge in [-0.3, -0.25) is 0 Å². The van der Waals surface area contributed by atoms with Gasteiger partial charge in [0.15, 0.2) is 17.5 Å². The summed E-state index contributed by atoms with van der Waals surface area (Å²) in [6.45, 7) is 8.58. The molecule has 0 aliphatic rings. The van der Waals surface area contributed by atoms with E-state index in [9.17, 15) is 5.11 Å². The van der Waals surface area contributed by atoms with E-state index < -0.39 is 5.60 Å². The van der Waals surface area contributed by atoms with Gasteiger partial charge in [-0.2, -0.15) is 0 Å². The van der Waals surface area contributed by atoms with Crippen LogP contribution in [0.1, 0.15) is 27.7 Å². The second kappa shape index (κ2) is 9.35. The summed E-state index contributed by atoms with van der Waals surface area (Å²) >= 11 is 0.